The van der Waals surface area contributed by atoms with Crippen LogP contribution in [0.4, 0.5) is 5.82 Å². The zero-order chi connectivity index (χ0) is 14.0. The molecule has 0 aliphatic rings. The molecule has 0 amide bonds. The van der Waals surface area contributed by atoms with Crippen molar-refractivity contribution in [1.29, 1.82) is 0 Å². The Bertz CT molecular complexity index is 646. The molecule has 0 spiro atoms. The van der Waals surface area contributed by atoms with Crippen molar-refractivity contribution < 1.29 is 8.42 Å². The summed E-state index contributed by atoms with van der Waals surface area (Å²) in [7, 11) is -0.616. The van der Waals surface area contributed by atoms with Crippen LogP contribution < -0.4 is 5.73 Å². The summed E-state index contributed by atoms with van der Waals surface area (Å²) < 4.78 is 27.4. The molecule has 2 aromatic rings. The summed E-state index contributed by atoms with van der Waals surface area (Å²) in [5.41, 5.74) is 6.27. The number of sulfonamides is 1. The summed E-state index contributed by atoms with van der Waals surface area (Å²) in [6.07, 6.45) is 2.99. The lowest BCUT2D eigenvalue weighted by molar-refractivity contribution is 0.456. The number of nitrogens with zero attached hydrogens (tertiary/aromatic N) is 4. The van der Waals surface area contributed by atoms with E-state index in [0.29, 0.717) is 5.69 Å². The second-order valence-corrected chi connectivity index (χ2v) is 6.09. The van der Waals surface area contributed by atoms with Gasteiger partial charge in [0.1, 0.15) is 0 Å². The topological polar surface area (TPSA) is 94.1 Å². The first kappa shape index (κ1) is 13.5. The number of nitrogens with two attached hydrogens (primary N) is 1. The number of nitrogen functional groups attached to an aromatic ring is 1. The van der Waals surface area contributed by atoms with Gasteiger partial charge in [-0.15, -0.1) is 0 Å². The van der Waals surface area contributed by atoms with E-state index >= 15 is 0 Å². The summed E-state index contributed by atoms with van der Waals surface area (Å²) in [5.74, 6) is -0.00429. The molecule has 0 radical (unpaired) electrons. The number of anilines is 1. The fourth-order valence-electron chi connectivity index (χ4n) is 1.70. The van der Waals surface area contributed by atoms with E-state index in [-0.39, 0.29) is 17.4 Å². The van der Waals surface area contributed by atoms with Crippen molar-refractivity contribution in [1.82, 2.24) is 18.8 Å². The van der Waals surface area contributed by atoms with Crippen molar-refractivity contribution in [3.05, 3.63) is 36.4 Å². The third kappa shape index (κ3) is 2.59. The zero-order valence-electron chi connectivity index (χ0n) is 10.7. The maximum atomic E-state index is 12.4. The highest BCUT2D eigenvalue weighted by atomic mass is 32.2. The lowest BCUT2D eigenvalue weighted by Crippen LogP contribution is -2.29. The SMILES string of the molecule is CN(Cc1ccccn1)S(=O)(=O)c1c(N)ncn1C. The van der Waals surface area contributed by atoms with E-state index in [1.807, 2.05) is 0 Å². The van der Waals surface area contributed by atoms with Gasteiger partial charge in [0.25, 0.3) is 10.0 Å². The summed E-state index contributed by atoms with van der Waals surface area (Å²) in [6, 6.07) is 5.34. The Balaban J connectivity index is 2.30. The predicted molar refractivity (Wildman–Crippen MR) is 70.5 cm³/mol. The van der Waals surface area contributed by atoms with Crippen LogP contribution in [0.15, 0.2) is 35.7 Å². The predicted octanol–water partition coefficient (Wildman–Crippen LogP) is 0.218. The second-order valence-electron chi connectivity index (χ2n) is 4.13. The summed E-state index contributed by atoms with van der Waals surface area (Å²) in [6.45, 7) is 0.174. The summed E-state index contributed by atoms with van der Waals surface area (Å²) in [4.78, 5) is 7.89. The zero-order valence-corrected chi connectivity index (χ0v) is 11.5. The van der Waals surface area contributed by atoms with Crippen molar-refractivity contribution >= 4 is 15.8 Å². The third-order valence-electron chi connectivity index (χ3n) is 2.67. The Morgan fingerprint density at radius 1 is 1.37 bits per heavy atom. The van der Waals surface area contributed by atoms with Crippen LogP contribution in [0.1, 0.15) is 5.69 Å². The van der Waals surface area contributed by atoms with E-state index in [9.17, 15) is 8.42 Å². The molecule has 2 heterocycles. The average Bonchev–Trinajstić information content (AvgIpc) is 2.70. The van der Waals surface area contributed by atoms with Gasteiger partial charge in [0, 0.05) is 20.3 Å². The molecule has 7 nitrogen and oxygen atoms in total. The van der Waals surface area contributed by atoms with Crippen LogP contribution in [0.25, 0.3) is 0 Å². The van der Waals surface area contributed by atoms with Crippen molar-refractivity contribution in [3.63, 3.8) is 0 Å². The minimum atomic E-state index is -3.69. The maximum Gasteiger partial charge on any atom is 0.262 e. The molecular formula is C11H15N5O2S. The van der Waals surface area contributed by atoms with Gasteiger partial charge in [-0.05, 0) is 12.1 Å². The van der Waals surface area contributed by atoms with Crippen molar-refractivity contribution in [2.75, 3.05) is 12.8 Å². The Morgan fingerprint density at radius 2 is 2.11 bits per heavy atom. The Labute approximate surface area is 111 Å². The highest BCUT2D eigenvalue weighted by Gasteiger charge is 2.27. The first-order valence-electron chi connectivity index (χ1n) is 5.56. The van der Waals surface area contributed by atoms with Crippen LogP contribution in [0.2, 0.25) is 0 Å². The minimum absolute atomic E-state index is 0.00429. The maximum absolute atomic E-state index is 12.4. The first-order chi connectivity index (χ1) is 8.93. The molecule has 19 heavy (non-hydrogen) atoms. The molecule has 0 atom stereocenters. The van der Waals surface area contributed by atoms with Crippen LogP contribution in [-0.2, 0) is 23.6 Å². The molecule has 2 aromatic heterocycles. The lowest BCUT2D eigenvalue weighted by atomic mass is 10.3. The highest BCUT2D eigenvalue weighted by Crippen LogP contribution is 2.20. The minimum Gasteiger partial charge on any atom is -0.381 e. The standard InChI is InChI=1S/C11H15N5O2S/c1-15-8-14-10(12)11(15)19(17,18)16(2)7-9-5-3-4-6-13-9/h3-6,8H,7,12H2,1-2H3. The van der Waals surface area contributed by atoms with Gasteiger partial charge < -0.3 is 10.3 Å². The second kappa shape index (κ2) is 4.98. The number of hydrogen-bond donors (Lipinski definition) is 1. The third-order valence-corrected chi connectivity index (χ3v) is 4.61. The van der Waals surface area contributed by atoms with Gasteiger partial charge in [-0.1, -0.05) is 6.07 Å². The van der Waals surface area contributed by atoms with Gasteiger partial charge >= 0.3 is 0 Å². The van der Waals surface area contributed by atoms with Gasteiger partial charge in [-0.3, -0.25) is 4.98 Å². The molecule has 0 bridgehead atoms. The molecule has 2 rings (SSSR count). The molecule has 0 fully saturated rings. The van der Waals surface area contributed by atoms with Gasteiger partial charge in [-0.2, -0.15) is 4.31 Å². The van der Waals surface area contributed by atoms with Crippen LogP contribution in [0.5, 0.6) is 0 Å². The summed E-state index contributed by atoms with van der Waals surface area (Å²) in [5, 5.41) is -0.00840. The summed E-state index contributed by atoms with van der Waals surface area (Å²) >= 11 is 0. The van der Waals surface area contributed by atoms with E-state index < -0.39 is 10.0 Å². The number of aromatic nitrogens is 3. The van der Waals surface area contributed by atoms with E-state index in [1.165, 1.54) is 22.2 Å². The Morgan fingerprint density at radius 3 is 2.63 bits per heavy atom. The molecule has 0 saturated heterocycles. The molecular weight excluding hydrogens is 266 g/mol. The highest BCUT2D eigenvalue weighted by molar-refractivity contribution is 7.89. The molecule has 0 saturated carbocycles. The van der Waals surface area contributed by atoms with Crippen LogP contribution in [-0.4, -0.2) is 34.3 Å². The lowest BCUT2D eigenvalue weighted by Gasteiger charge is -2.17. The number of rotatable bonds is 4. The van der Waals surface area contributed by atoms with Gasteiger partial charge in [0.05, 0.1) is 18.6 Å². The number of aryl methyl sites for hydroxylation is 1. The fourth-order valence-corrected chi connectivity index (χ4v) is 3.03. The smallest absolute Gasteiger partial charge is 0.262 e. The van der Waals surface area contributed by atoms with Gasteiger partial charge in [-0.25, -0.2) is 13.4 Å². The number of hydrogen-bond acceptors (Lipinski definition) is 5. The fraction of sp³-hybridized carbons (Fsp3) is 0.273. The molecule has 102 valence electrons. The molecule has 2 N–H and O–H groups in total. The largest absolute Gasteiger partial charge is 0.381 e. The van der Waals surface area contributed by atoms with Crippen molar-refractivity contribution in [3.8, 4) is 0 Å². The van der Waals surface area contributed by atoms with Crippen LogP contribution >= 0.6 is 0 Å². The quantitative estimate of drug-likeness (QED) is 0.865. The number of pyridine rings is 1. The van der Waals surface area contributed by atoms with E-state index in [4.69, 9.17) is 5.73 Å². The van der Waals surface area contributed by atoms with Crippen LogP contribution in [0.3, 0.4) is 0 Å². The molecule has 0 aromatic carbocycles. The van der Waals surface area contributed by atoms with E-state index in [1.54, 1.807) is 31.4 Å². The van der Waals surface area contributed by atoms with Gasteiger partial charge in [0.15, 0.2) is 10.8 Å². The monoisotopic (exact) mass is 281 g/mol. The van der Waals surface area contributed by atoms with Crippen molar-refractivity contribution in [2.24, 2.45) is 7.05 Å². The van der Waals surface area contributed by atoms with E-state index in [0.717, 1.165) is 0 Å². The molecule has 0 aliphatic heterocycles. The van der Waals surface area contributed by atoms with Gasteiger partial charge in [0.2, 0.25) is 0 Å². The molecule has 0 unspecified atom stereocenters. The van der Waals surface area contributed by atoms with E-state index in [2.05, 4.69) is 9.97 Å². The Kier molecular flexibility index (Phi) is 3.54. The normalized spacial score (nSPS) is 11.9. The Hall–Kier alpha value is -1.93. The average molecular weight is 281 g/mol. The first-order valence-corrected chi connectivity index (χ1v) is 7.00. The number of imidazole rings is 1. The molecule has 0 aliphatic carbocycles. The van der Waals surface area contributed by atoms with Crippen molar-refractivity contribution in [2.45, 2.75) is 11.6 Å². The van der Waals surface area contributed by atoms with Crippen LogP contribution in [0, 0.1) is 0 Å². The molecule has 8 heteroatoms.